The van der Waals surface area contributed by atoms with E-state index >= 15 is 0 Å². The molecule has 0 aromatic carbocycles. The predicted octanol–water partition coefficient (Wildman–Crippen LogP) is 2.63. The van der Waals surface area contributed by atoms with Crippen LogP contribution in [0.3, 0.4) is 0 Å². The molecule has 3 rings (SSSR count). The molecular weight excluding hydrogens is 179 g/mol. The second-order valence-electron chi connectivity index (χ2n) is 3.17. The second-order valence-corrected chi connectivity index (χ2v) is 3.17. The van der Waals surface area contributed by atoms with Crippen LogP contribution in [0, 0.1) is 5.82 Å². The number of hydrogen-bond donors (Lipinski definition) is 0. The van der Waals surface area contributed by atoms with E-state index in [4.69, 9.17) is 0 Å². The summed E-state index contributed by atoms with van der Waals surface area (Å²) in [6.45, 7) is 0. The normalized spacial score (nSPS) is 11.2. The molecule has 0 saturated heterocycles. The summed E-state index contributed by atoms with van der Waals surface area (Å²) in [5.41, 5.74) is 1.64. The van der Waals surface area contributed by atoms with Gasteiger partial charge in [0.1, 0.15) is 5.82 Å². The minimum atomic E-state index is -0.223. The van der Waals surface area contributed by atoms with E-state index in [0.29, 0.717) is 10.9 Å². The standard InChI is InChI=1S/C11H7FN2/c12-9-3-5-13-11-8(9)4-7-14-6-1-2-10(11)14/h1-7H. The van der Waals surface area contributed by atoms with Crippen molar-refractivity contribution in [2.75, 3.05) is 0 Å². The molecule has 14 heavy (non-hydrogen) atoms. The average molecular weight is 186 g/mol. The highest BCUT2D eigenvalue weighted by molar-refractivity contribution is 5.92. The molecule has 3 aromatic rings. The molecule has 0 atom stereocenters. The maximum absolute atomic E-state index is 13.4. The van der Waals surface area contributed by atoms with Crippen molar-refractivity contribution in [3.8, 4) is 0 Å². The Morgan fingerprint density at radius 3 is 3.00 bits per heavy atom. The molecule has 0 aliphatic heterocycles. The minimum absolute atomic E-state index is 0.223. The molecule has 0 N–H and O–H groups in total. The molecule has 0 spiro atoms. The fourth-order valence-corrected chi connectivity index (χ4v) is 1.69. The first-order chi connectivity index (χ1) is 6.86. The zero-order chi connectivity index (χ0) is 9.54. The van der Waals surface area contributed by atoms with Crippen LogP contribution in [-0.2, 0) is 0 Å². The fraction of sp³-hybridized carbons (Fsp3) is 0. The molecule has 0 fully saturated rings. The Balaban J connectivity index is 2.64. The highest BCUT2D eigenvalue weighted by Gasteiger charge is 2.04. The lowest BCUT2D eigenvalue weighted by Crippen LogP contribution is -1.88. The van der Waals surface area contributed by atoms with E-state index < -0.39 is 0 Å². The lowest BCUT2D eigenvalue weighted by atomic mass is 10.2. The van der Waals surface area contributed by atoms with E-state index in [9.17, 15) is 4.39 Å². The topological polar surface area (TPSA) is 17.3 Å². The third kappa shape index (κ3) is 0.865. The third-order valence-electron chi connectivity index (χ3n) is 2.36. The van der Waals surface area contributed by atoms with Crippen LogP contribution in [0.15, 0.2) is 42.9 Å². The Labute approximate surface area is 79.6 Å². The minimum Gasteiger partial charge on any atom is -0.322 e. The number of nitrogens with zero attached hydrogens (tertiary/aromatic N) is 2. The number of halogens is 1. The van der Waals surface area contributed by atoms with Gasteiger partial charge >= 0.3 is 0 Å². The molecule has 0 radical (unpaired) electrons. The molecule has 0 saturated carbocycles. The van der Waals surface area contributed by atoms with Crippen molar-refractivity contribution in [1.29, 1.82) is 0 Å². The van der Waals surface area contributed by atoms with Crippen molar-refractivity contribution in [2.24, 2.45) is 0 Å². The lowest BCUT2D eigenvalue weighted by Gasteiger charge is -2.00. The van der Waals surface area contributed by atoms with E-state index in [1.54, 1.807) is 6.07 Å². The van der Waals surface area contributed by atoms with Crippen LogP contribution in [0.2, 0.25) is 0 Å². The summed E-state index contributed by atoms with van der Waals surface area (Å²) in [7, 11) is 0. The van der Waals surface area contributed by atoms with Crippen LogP contribution in [0.25, 0.3) is 16.4 Å². The molecule has 68 valence electrons. The quantitative estimate of drug-likeness (QED) is 0.527. The first-order valence-corrected chi connectivity index (χ1v) is 4.36. The van der Waals surface area contributed by atoms with Gasteiger partial charge in [-0.05, 0) is 24.3 Å². The molecule has 0 aliphatic rings. The molecule has 0 unspecified atom stereocenters. The maximum atomic E-state index is 13.4. The summed E-state index contributed by atoms with van der Waals surface area (Å²) in [4.78, 5) is 4.18. The second kappa shape index (κ2) is 2.54. The van der Waals surface area contributed by atoms with E-state index in [0.717, 1.165) is 5.52 Å². The number of aromatic nitrogens is 2. The van der Waals surface area contributed by atoms with Gasteiger partial charge in [-0.25, -0.2) is 4.39 Å². The molecule has 3 aromatic heterocycles. The highest BCUT2D eigenvalue weighted by atomic mass is 19.1. The number of fused-ring (bicyclic) bond motifs is 3. The zero-order valence-electron chi connectivity index (χ0n) is 7.31. The van der Waals surface area contributed by atoms with Gasteiger partial charge in [0.25, 0.3) is 0 Å². The maximum Gasteiger partial charge on any atom is 0.134 e. The number of pyridine rings is 2. The number of rotatable bonds is 0. The van der Waals surface area contributed by atoms with Crippen LogP contribution >= 0.6 is 0 Å². The van der Waals surface area contributed by atoms with Crippen LogP contribution in [0.1, 0.15) is 0 Å². The fourth-order valence-electron chi connectivity index (χ4n) is 1.69. The lowest BCUT2D eigenvalue weighted by molar-refractivity contribution is 0.638. The van der Waals surface area contributed by atoms with Gasteiger partial charge in [-0.1, -0.05) is 0 Å². The third-order valence-corrected chi connectivity index (χ3v) is 2.36. The van der Waals surface area contributed by atoms with E-state index in [1.807, 2.05) is 28.9 Å². The summed E-state index contributed by atoms with van der Waals surface area (Å²) in [6, 6.07) is 6.96. The average Bonchev–Trinajstić information content (AvgIpc) is 2.66. The first kappa shape index (κ1) is 7.50. The van der Waals surface area contributed by atoms with Gasteiger partial charge in [0.15, 0.2) is 0 Å². The summed E-state index contributed by atoms with van der Waals surface area (Å²) in [5, 5.41) is 0.568. The predicted molar refractivity (Wildman–Crippen MR) is 52.7 cm³/mol. The van der Waals surface area contributed by atoms with Crippen molar-refractivity contribution >= 4 is 16.4 Å². The van der Waals surface area contributed by atoms with Crippen LogP contribution in [0.4, 0.5) is 4.39 Å². The Hall–Kier alpha value is -1.90. The van der Waals surface area contributed by atoms with Crippen LogP contribution in [0.5, 0.6) is 0 Å². The summed E-state index contributed by atoms with van der Waals surface area (Å²) < 4.78 is 15.3. The Bertz CT molecular complexity index is 613. The summed E-state index contributed by atoms with van der Waals surface area (Å²) in [5.74, 6) is -0.223. The van der Waals surface area contributed by atoms with Crippen molar-refractivity contribution in [1.82, 2.24) is 9.38 Å². The van der Waals surface area contributed by atoms with Crippen molar-refractivity contribution in [3.05, 3.63) is 48.7 Å². The Morgan fingerprint density at radius 2 is 2.07 bits per heavy atom. The highest BCUT2D eigenvalue weighted by Crippen LogP contribution is 2.20. The Kier molecular flexibility index (Phi) is 1.36. The van der Waals surface area contributed by atoms with E-state index in [-0.39, 0.29) is 5.82 Å². The smallest absolute Gasteiger partial charge is 0.134 e. The first-order valence-electron chi connectivity index (χ1n) is 4.36. The van der Waals surface area contributed by atoms with E-state index in [2.05, 4.69) is 4.98 Å². The van der Waals surface area contributed by atoms with Gasteiger partial charge < -0.3 is 4.40 Å². The monoisotopic (exact) mass is 186 g/mol. The number of hydrogen-bond acceptors (Lipinski definition) is 1. The van der Waals surface area contributed by atoms with Crippen molar-refractivity contribution in [2.45, 2.75) is 0 Å². The van der Waals surface area contributed by atoms with Crippen molar-refractivity contribution in [3.63, 3.8) is 0 Å². The SMILES string of the molecule is Fc1ccnc2c1ccn1cccc21. The molecule has 2 nitrogen and oxygen atoms in total. The molecule has 0 bridgehead atoms. The van der Waals surface area contributed by atoms with E-state index in [1.165, 1.54) is 12.3 Å². The van der Waals surface area contributed by atoms with Gasteiger partial charge in [-0.3, -0.25) is 4.98 Å². The zero-order valence-corrected chi connectivity index (χ0v) is 7.31. The largest absolute Gasteiger partial charge is 0.322 e. The van der Waals surface area contributed by atoms with Gasteiger partial charge in [0, 0.05) is 24.0 Å². The molecule has 0 aliphatic carbocycles. The molecule has 0 amide bonds. The molecular formula is C11H7FN2. The van der Waals surface area contributed by atoms with Crippen LogP contribution in [-0.4, -0.2) is 9.38 Å². The summed E-state index contributed by atoms with van der Waals surface area (Å²) >= 11 is 0. The van der Waals surface area contributed by atoms with Gasteiger partial charge in [-0.2, -0.15) is 0 Å². The van der Waals surface area contributed by atoms with Gasteiger partial charge in [-0.15, -0.1) is 0 Å². The van der Waals surface area contributed by atoms with Gasteiger partial charge in [0.05, 0.1) is 11.0 Å². The van der Waals surface area contributed by atoms with Crippen LogP contribution < -0.4 is 0 Å². The molecule has 3 heterocycles. The molecule has 3 heteroatoms. The Morgan fingerprint density at radius 1 is 1.14 bits per heavy atom. The summed E-state index contributed by atoms with van der Waals surface area (Å²) in [6.07, 6.45) is 5.24. The van der Waals surface area contributed by atoms with Gasteiger partial charge in [0.2, 0.25) is 0 Å². The van der Waals surface area contributed by atoms with Crippen molar-refractivity contribution < 1.29 is 4.39 Å².